The molecule has 1 saturated heterocycles. The lowest BCUT2D eigenvalue weighted by molar-refractivity contribution is 0.0690. The Balaban J connectivity index is 1.54. The van der Waals surface area contributed by atoms with Gasteiger partial charge in [-0.1, -0.05) is 6.07 Å². The van der Waals surface area contributed by atoms with E-state index in [0.29, 0.717) is 47.5 Å². The largest absolute Gasteiger partial charge is 0.477 e. The van der Waals surface area contributed by atoms with Gasteiger partial charge in [-0.15, -0.1) is 11.3 Å². The number of nitrogens with one attached hydrogen (secondary N) is 1. The number of amides is 1. The number of nitrogens with two attached hydrogens (primary N) is 1. The average molecular weight is 456 g/mol. The molecule has 0 atom stereocenters. The van der Waals surface area contributed by atoms with Crippen LogP contribution < -0.4 is 16.0 Å². The Hall–Kier alpha value is -3.37. The maximum atomic E-state index is 14.7. The first kappa shape index (κ1) is 21.8. The topological polar surface area (TPSA) is 121 Å². The molecule has 0 bridgehead atoms. The summed E-state index contributed by atoms with van der Waals surface area (Å²) >= 11 is 1.21. The van der Waals surface area contributed by atoms with Gasteiger partial charge in [0.15, 0.2) is 0 Å². The molecule has 2 aromatic heterocycles. The molecule has 0 radical (unpaired) electrons. The molecule has 1 aliphatic heterocycles. The van der Waals surface area contributed by atoms with Gasteiger partial charge in [-0.3, -0.25) is 4.79 Å². The summed E-state index contributed by atoms with van der Waals surface area (Å²) < 4.78 is 14.7. The Labute approximate surface area is 187 Å². The minimum atomic E-state index is -1.14. The van der Waals surface area contributed by atoms with Crippen molar-refractivity contribution >= 4 is 34.6 Å². The summed E-state index contributed by atoms with van der Waals surface area (Å²) in [5.74, 6) is -1.58. The molecule has 32 heavy (non-hydrogen) atoms. The van der Waals surface area contributed by atoms with Crippen molar-refractivity contribution in [2.24, 2.45) is 11.7 Å². The standard InChI is InChI=1S/C22H22FN5O3S/c23-15-2-1-3-16(19(15)28-8-5-13(11-24)6-9-28)26-20(29)18-12-32-21(27-18)14-4-7-25-17(10-14)22(30)31/h1-4,7,10,12-13H,5-6,8-9,11,24H2,(H,26,29)(H,30,31). The van der Waals surface area contributed by atoms with Gasteiger partial charge >= 0.3 is 5.97 Å². The van der Waals surface area contributed by atoms with Gasteiger partial charge in [0.1, 0.15) is 22.2 Å². The Morgan fingerprint density at radius 2 is 2.03 bits per heavy atom. The van der Waals surface area contributed by atoms with Gasteiger partial charge in [-0.2, -0.15) is 0 Å². The smallest absolute Gasteiger partial charge is 0.354 e. The van der Waals surface area contributed by atoms with Gasteiger partial charge in [0.25, 0.3) is 5.91 Å². The van der Waals surface area contributed by atoms with Crippen molar-refractivity contribution in [3.63, 3.8) is 0 Å². The predicted octanol–water partition coefficient (Wildman–Crippen LogP) is 3.47. The number of carboxylic acid groups (broad SMARTS) is 1. The highest BCUT2D eigenvalue weighted by atomic mass is 32.1. The zero-order valence-electron chi connectivity index (χ0n) is 17.1. The van der Waals surface area contributed by atoms with Crippen LogP contribution >= 0.6 is 11.3 Å². The van der Waals surface area contributed by atoms with Gasteiger partial charge in [-0.05, 0) is 49.6 Å². The number of aromatic nitrogens is 2. The molecule has 3 aromatic rings. The van der Waals surface area contributed by atoms with Gasteiger partial charge in [0.2, 0.25) is 0 Å². The predicted molar refractivity (Wildman–Crippen MR) is 121 cm³/mol. The molecular weight excluding hydrogens is 433 g/mol. The number of carboxylic acids is 1. The second-order valence-electron chi connectivity index (χ2n) is 7.53. The van der Waals surface area contributed by atoms with E-state index in [1.807, 2.05) is 4.90 Å². The number of benzene rings is 1. The van der Waals surface area contributed by atoms with Crippen LogP contribution in [0.4, 0.5) is 15.8 Å². The number of para-hydroxylation sites is 1. The molecule has 0 aliphatic carbocycles. The fourth-order valence-corrected chi connectivity index (χ4v) is 4.50. The third-order valence-corrected chi connectivity index (χ3v) is 6.35. The number of hydrogen-bond donors (Lipinski definition) is 3. The molecule has 0 spiro atoms. The van der Waals surface area contributed by atoms with Gasteiger partial charge < -0.3 is 21.1 Å². The Morgan fingerprint density at radius 1 is 1.25 bits per heavy atom. The molecule has 4 N–H and O–H groups in total. The molecule has 10 heteroatoms. The molecule has 1 fully saturated rings. The third kappa shape index (κ3) is 4.61. The van der Waals surface area contributed by atoms with Crippen LogP contribution in [0, 0.1) is 11.7 Å². The number of pyridine rings is 1. The molecular formula is C22H22FN5O3S. The third-order valence-electron chi connectivity index (χ3n) is 5.46. The first-order valence-corrected chi connectivity index (χ1v) is 11.0. The van der Waals surface area contributed by atoms with Crippen molar-refractivity contribution in [1.29, 1.82) is 0 Å². The number of halogens is 1. The highest BCUT2D eigenvalue weighted by Crippen LogP contribution is 2.33. The number of hydrogen-bond acceptors (Lipinski definition) is 7. The molecule has 1 amide bonds. The van der Waals surface area contributed by atoms with Crippen LogP contribution in [-0.4, -0.2) is 46.6 Å². The van der Waals surface area contributed by atoms with Crippen LogP contribution in [-0.2, 0) is 0 Å². The van der Waals surface area contributed by atoms with E-state index in [0.717, 1.165) is 12.8 Å². The van der Waals surface area contributed by atoms with E-state index >= 15 is 0 Å². The summed E-state index contributed by atoms with van der Waals surface area (Å²) in [4.78, 5) is 34.0. The van der Waals surface area contributed by atoms with Crippen LogP contribution in [0.15, 0.2) is 41.9 Å². The zero-order chi connectivity index (χ0) is 22.7. The molecule has 1 aromatic carbocycles. The van der Waals surface area contributed by atoms with E-state index in [1.54, 1.807) is 23.6 Å². The fourth-order valence-electron chi connectivity index (χ4n) is 3.71. The lowest BCUT2D eigenvalue weighted by atomic mass is 9.96. The second-order valence-corrected chi connectivity index (χ2v) is 8.39. The summed E-state index contributed by atoms with van der Waals surface area (Å²) in [6.07, 6.45) is 3.13. The lowest BCUT2D eigenvalue weighted by Crippen LogP contribution is -2.37. The Bertz CT molecular complexity index is 1140. The van der Waals surface area contributed by atoms with Gasteiger partial charge in [-0.25, -0.2) is 19.2 Å². The van der Waals surface area contributed by atoms with E-state index in [2.05, 4.69) is 15.3 Å². The van der Waals surface area contributed by atoms with E-state index < -0.39 is 17.7 Å². The number of carbonyl (C=O) groups excluding carboxylic acids is 1. The maximum absolute atomic E-state index is 14.7. The first-order chi connectivity index (χ1) is 15.5. The number of aromatic carboxylic acids is 1. The minimum Gasteiger partial charge on any atom is -0.477 e. The SMILES string of the molecule is NCC1CCN(c2c(F)cccc2NC(=O)c2csc(-c3ccnc(C(=O)O)c3)n2)CC1. The second kappa shape index (κ2) is 9.41. The van der Waals surface area contributed by atoms with Gasteiger partial charge in [0, 0.05) is 30.2 Å². The van der Waals surface area contributed by atoms with E-state index in [-0.39, 0.29) is 11.4 Å². The molecule has 166 valence electrons. The fraction of sp³-hybridized carbons (Fsp3) is 0.273. The molecule has 3 heterocycles. The van der Waals surface area contributed by atoms with E-state index in [1.165, 1.54) is 29.7 Å². The summed E-state index contributed by atoms with van der Waals surface area (Å²) in [5.41, 5.74) is 7.12. The van der Waals surface area contributed by atoms with Crippen LogP contribution in [0.5, 0.6) is 0 Å². The molecule has 8 nitrogen and oxygen atoms in total. The van der Waals surface area contributed by atoms with Crippen molar-refractivity contribution in [3.05, 3.63) is 59.1 Å². The van der Waals surface area contributed by atoms with Crippen LogP contribution in [0.25, 0.3) is 10.6 Å². The van der Waals surface area contributed by atoms with Gasteiger partial charge in [0.05, 0.1) is 11.4 Å². The number of nitrogens with zero attached hydrogens (tertiary/aromatic N) is 3. The highest BCUT2D eigenvalue weighted by molar-refractivity contribution is 7.13. The lowest BCUT2D eigenvalue weighted by Gasteiger charge is -2.34. The van der Waals surface area contributed by atoms with Crippen molar-refractivity contribution in [1.82, 2.24) is 9.97 Å². The first-order valence-electron chi connectivity index (χ1n) is 10.2. The van der Waals surface area contributed by atoms with Crippen LogP contribution in [0.2, 0.25) is 0 Å². The van der Waals surface area contributed by atoms with Crippen molar-refractivity contribution in [2.45, 2.75) is 12.8 Å². The monoisotopic (exact) mass is 455 g/mol. The summed E-state index contributed by atoms with van der Waals surface area (Å²) in [6.45, 7) is 1.95. The maximum Gasteiger partial charge on any atom is 0.354 e. The van der Waals surface area contributed by atoms with Crippen LogP contribution in [0.3, 0.4) is 0 Å². The number of piperidine rings is 1. The summed E-state index contributed by atoms with van der Waals surface area (Å²) in [5, 5.41) is 14.0. The van der Waals surface area contributed by atoms with E-state index in [4.69, 9.17) is 10.8 Å². The summed E-state index contributed by atoms with van der Waals surface area (Å²) in [6, 6.07) is 7.63. The molecule has 0 unspecified atom stereocenters. The molecule has 0 saturated carbocycles. The highest BCUT2D eigenvalue weighted by Gasteiger charge is 2.24. The normalized spacial score (nSPS) is 14.4. The molecule has 4 rings (SSSR count). The quantitative estimate of drug-likeness (QED) is 0.520. The number of rotatable bonds is 6. The van der Waals surface area contributed by atoms with Crippen molar-refractivity contribution in [3.8, 4) is 10.6 Å². The number of thiazole rings is 1. The van der Waals surface area contributed by atoms with E-state index in [9.17, 15) is 14.0 Å². The zero-order valence-corrected chi connectivity index (χ0v) is 17.9. The van der Waals surface area contributed by atoms with Crippen molar-refractivity contribution < 1.29 is 19.1 Å². The van der Waals surface area contributed by atoms with Crippen molar-refractivity contribution in [2.75, 3.05) is 29.9 Å². The summed E-state index contributed by atoms with van der Waals surface area (Å²) in [7, 11) is 0. The minimum absolute atomic E-state index is 0.105. The average Bonchev–Trinajstić information content (AvgIpc) is 3.30. The molecule has 1 aliphatic rings. The number of anilines is 2. The number of carbonyl (C=O) groups is 2. The van der Waals surface area contributed by atoms with Crippen LogP contribution in [0.1, 0.15) is 33.8 Å². The Morgan fingerprint density at radius 3 is 2.75 bits per heavy atom. The Kier molecular flexibility index (Phi) is 6.42.